The Labute approximate surface area is 185 Å². The first kappa shape index (κ1) is 22.7. The van der Waals surface area contributed by atoms with Crippen LogP contribution < -0.4 is 0 Å². The summed E-state index contributed by atoms with van der Waals surface area (Å²) < 4.78 is 32.0. The van der Waals surface area contributed by atoms with E-state index >= 15 is 0 Å². The lowest BCUT2D eigenvalue weighted by Gasteiger charge is -2.30. The highest BCUT2D eigenvalue weighted by molar-refractivity contribution is 7.89. The summed E-state index contributed by atoms with van der Waals surface area (Å²) in [5.41, 5.74) is 0. The van der Waals surface area contributed by atoms with Crippen LogP contribution in [-0.2, 0) is 30.9 Å². The van der Waals surface area contributed by atoms with E-state index < -0.39 is 21.9 Å². The topological polar surface area (TPSA) is 84.0 Å². The molecule has 1 saturated heterocycles. The predicted molar refractivity (Wildman–Crippen MR) is 115 cm³/mol. The minimum absolute atomic E-state index is 0.173. The maximum absolute atomic E-state index is 12.7. The van der Waals surface area contributed by atoms with Crippen molar-refractivity contribution < 1.29 is 22.7 Å². The summed E-state index contributed by atoms with van der Waals surface area (Å²) in [7, 11) is -1.96. The number of benzene rings is 1. The van der Waals surface area contributed by atoms with E-state index in [1.165, 1.54) is 33.5 Å². The average molecular weight is 471 g/mol. The number of rotatable bonds is 7. The van der Waals surface area contributed by atoms with Crippen LogP contribution in [0, 0.1) is 5.92 Å². The fourth-order valence-corrected chi connectivity index (χ4v) is 5.53. The van der Waals surface area contributed by atoms with Gasteiger partial charge in [-0.15, -0.1) is 11.3 Å². The summed E-state index contributed by atoms with van der Waals surface area (Å²) in [6.07, 6.45) is 0.704. The number of halogens is 1. The highest BCUT2D eigenvalue weighted by atomic mass is 35.5. The second kappa shape index (κ2) is 9.91. The molecule has 1 aliphatic heterocycles. The van der Waals surface area contributed by atoms with Crippen LogP contribution in [0.25, 0.3) is 0 Å². The van der Waals surface area contributed by atoms with Gasteiger partial charge in [0.1, 0.15) is 0 Å². The summed E-state index contributed by atoms with van der Waals surface area (Å²) in [4.78, 5) is 27.2. The van der Waals surface area contributed by atoms with Gasteiger partial charge >= 0.3 is 5.97 Å². The molecule has 10 heteroatoms. The number of ether oxygens (including phenoxy) is 1. The van der Waals surface area contributed by atoms with Crippen LogP contribution in [0.5, 0.6) is 0 Å². The van der Waals surface area contributed by atoms with Gasteiger partial charge in [0.2, 0.25) is 10.0 Å². The molecule has 0 unspecified atom stereocenters. The molecule has 0 N–H and O–H groups in total. The van der Waals surface area contributed by atoms with Crippen molar-refractivity contribution in [2.45, 2.75) is 24.3 Å². The van der Waals surface area contributed by atoms with Gasteiger partial charge in [0.25, 0.3) is 5.91 Å². The molecule has 0 atom stereocenters. The van der Waals surface area contributed by atoms with Gasteiger partial charge in [-0.25, -0.2) is 8.42 Å². The third-order valence-electron chi connectivity index (χ3n) is 4.98. The van der Waals surface area contributed by atoms with Crippen LogP contribution in [0.15, 0.2) is 46.7 Å². The number of hydrogen-bond acceptors (Lipinski definition) is 6. The highest BCUT2D eigenvalue weighted by Gasteiger charge is 2.33. The van der Waals surface area contributed by atoms with Gasteiger partial charge in [0, 0.05) is 30.0 Å². The molecule has 0 bridgehead atoms. The normalized spacial score (nSPS) is 15.7. The van der Waals surface area contributed by atoms with E-state index in [0.29, 0.717) is 24.4 Å². The largest absolute Gasteiger partial charge is 0.455 e. The quantitative estimate of drug-likeness (QED) is 0.581. The predicted octanol–water partition coefficient (Wildman–Crippen LogP) is 3.00. The molecule has 2 aromatic rings. The van der Waals surface area contributed by atoms with Crippen LogP contribution in [0.1, 0.15) is 17.7 Å². The summed E-state index contributed by atoms with van der Waals surface area (Å²) in [6, 6.07) is 9.85. The molecule has 7 nitrogen and oxygen atoms in total. The number of amides is 1. The van der Waals surface area contributed by atoms with E-state index in [1.54, 1.807) is 18.4 Å². The highest BCUT2D eigenvalue weighted by Crippen LogP contribution is 2.25. The molecular formula is C20H23ClN2O5S2. The lowest BCUT2D eigenvalue weighted by molar-refractivity contribution is -0.156. The third kappa shape index (κ3) is 5.60. The van der Waals surface area contributed by atoms with Gasteiger partial charge in [0.05, 0.1) is 17.4 Å². The Hall–Kier alpha value is -1.94. The van der Waals surface area contributed by atoms with Gasteiger partial charge in [-0.05, 0) is 48.6 Å². The lowest BCUT2D eigenvalue weighted by Crippen LogP contribution is -2.41. The summed E-state index contributed by atoms with van der Waals surface area (Å²) in [5.74, 6) is -1.16. The number of nitrogens with zero attached hydrogens (tertiary/aromatic N) is 2. The number of piperidine rings is 1. The van der Waals surface area contributed by atoms with Gasteiger partial charge < -0.3 is 9.64 Å². The monoisotopic (exact) mass is 470 g/mol. The fourth-order valence-electron chi connectivity index (χ4n) is 3.17. The second-order valence-corrected chi connectivity index (χ2v) is 10.5. The minimum Gasteiger partial charge on any atom is -0.455 e. The second-order valence-electron chi connectivity index (χ2n) is 7.07. The van der Waals surface area contributed by atoms with Crippen LogP contribution in [-0.4, -0.2) is 56.2 Å². The van der Waals surface area contributed by atoms with Crippen molar-refractivity contribution in [1.29, 1.82) is 0 Å². The zero-order valence-electron chi connectivity index (χ0n) is 16.5. The molecule has 3 rings (SSSR count). The van der Waals surface area contributed by atoms with Gasteiger partial charge in [0.15, 0.2) is 6.61 Å². The van der Waals surface area contributed by atoms with Crippen molar-refractivity contribution in [1.82, 2.24) is 9.21 Å². The molecule has 1 aliphatic rings. The molecule has 1 fully saturated rings. The molecule has 0 saturated carbocycles. The average Bonchev–Trinajstić information content (AvgIpc) is 3.25. The Morgan fingerprint density at radius 3 is 2.47 bits per heavy atom. The standard InChI is InChI=1S/C20H23ClN2O5S2/c1-22(13-17-3-2-12-29-17)19(24)14-28-20(25)15-8-10-23(11-9-15)30(26,27)18-6-4-16(21)5-7-18/h2-7,12,15H,8-11,13-14H2,1H3. The molecule has 0 radical (unpaired) electrons. The van der Waals surface area contributed by atoms with Crippen molar-refractivity contribution >= 4 is 44.8 Å². The number of thiophene rings is 1. The van der Waals surface area contributed by atoms with Crippen LogP contribution in [0.4, 0.5) is 0 Å². The minimum atomic E-state index is -3.63. The van der Waals surface area contributed by atoms with E-state index in [4.69, 9.17) is 16.3 Å². The Kier molecular flexibility index (Phi) is 7.51. The lowest BCUT2D eigenvalue weighted by atomic mass is 9.98. The smallest absolute Gasteiger partial charge is 0.309 e. The van der Waals surface area contributed by atoms with Crippen molar-refractivity contribution in [2.75, 3.05) is 26.7 Å². The maximum atomic E-state index is 12.7. The van der Waals surface area contributed by atoms with E-state index in [9.17, 15) is 18.0 Å². The SMILES string of the molecule is CN(Cc1cccs1)C(=O)COC(=O)C1CCN(S(=O)(=O)c2ccc(Cl)cc2)CC1. The van der Waals surface area contributed by atoms with E-state index in [2.05, 4.69) is 0 Å². The Balaban J connectivity index is 1.47. The van der Waals surface area contributed by atoms with Crippen LogP contribution >= 0.6 is 22.9 Å². The zero-order valence-corrected chi connectivity index (χ0v) is 18.9. The number of sulfonamides is 1. The van der Waals surface area contributed by atoms with Crippen molar-refractivity contribution in [3.8, 4) is 0 Å². The number of likely N-dealkylation sites (N-methyl/N-ethyl adjacent to an activating group) is 1. The zero-order chi connectivity index (χ0) is 21.7. The molecule has 30 heavy (non-hydrogen) atoms. The van der Waals surface area contributed by atoms with Crippen molar-refractivity contribution in [2.24, 2.45) is 5.92 Å². The first-order chi connectivity index (χ1) is 14.3. The molecule has 1 amide bonds. The molecule has 0 spiro atoms. The summed E-state index contributed by atoms with van der Waals surface area (Å²) in [5, 5.41) is 2.40. The van der Waals surface area contributed by atoms with Gasteiger partial charge in [-0.1, -0.05) is 17.7 Å². The first-order valence-corrected chi connectivity index (χ1v) is 12.2. The molecule has 1 aromatic heterocycles. The molecule has 162 valence electrons. The number of hydrogen-bond donors (Lipinski definition) is 0. The van der Waals surface area contributed by atoms with E-state index in [-0.39, 0.29) is 30.5 Å². The number of carbonyl (C=O) groups excluding carboxylic acids is 2. The maximum Gasteiger partial charge on any atom is 0.309 e. The van der Waals surface area contributed by atoms with Crippen molar-refractivity contribution in [3.05, 3.63) is 51.7 Å². The Morgan fingerprint density at radius 2 is 1.87 bits per heavy atom. The fraction of sp³-hybridized carbons (Fsp3) is 0.400. The summed E-state index contributed by atoms with van der Waals surface area (Å²) in [6.45, 7) is 0.590. The molecular weight excluding hydrogens is 448 g/mol. The van der Waals surface area contributed by atoms with Crippen LogP contribution in [0.3, 0.4) is 0 Å². The molecule has 0 aliphatic carbocycles. The van der Waals surface area contributed by atoms with E-state index in [0.717, 1.165) is 4.88 Å². The number of esters is 1. The molecule has 1 aromatic carbocycles. The first-order valence-electron chi connectivity index (χ1n) is 9.46. The van der Waals surface area contributed by atoms with Gasteiger partial charge in [-0.3, -0.25) is 9.59 Å². The third-order valence-corrected chi connectivity index (χ3v) is 8.00. The van der Waals surface area contributed by atoms with Crippen LogP contribution in [0.2, 0.25) is 5.02 Å². The number of carbonyl (C=O) groups is 2. The summed E-state index contributed by atoms with van der Waals surface area (Å²) >= 11 is 7.38. The van der Waals surface area contributed by atoms with Gasteiger partial charge in [-0.2, -0.15) is 4.31 Å². The van der Waals surface area contributed by atoms with E-state index in [1.807, 2.05) is 17.5 Å². The Bertz CT molecular complexity index is 969. The Morgan fingerprint density at radius 1 is 1.20 bits per heavy atom. The van der Waals surface area contributed by atoms with Crippen molar-refractivity contribution in [3.63, 3.8) is 0 Å². The molecule has 2 heterocycles.